The van der Waals surface area contributed by atoms with Gasteiger partial charge in [0.05, 0.1) is 18.9 Å². The number of likely N-dealkylation sites (N-methyl/N-ethyl adjacent to an activating group) is 1. The molecule has 96 valence electrons. The van der Waals surface area contributed by atoms with Gasteiger partial charge in [-0.25, -0.2) is 0 Å². The van der Waals surface area contributed by atoms with Crippen molar-refractivity contribution in [2.75, 3.05) is 19.6 Å². The standard InChI is InChI=1S/C13H22N2O2/c1-2-14-8-12(16)9-15(11-5-6-11)10-13-4-3-7-17-13/h3-4,7,11-12,14,16H,2,5-6,8-10H2,1H3. The Hall–Kier alpha value is -0.840. The molecule has 1 atom stereocenters. The summed E-state index contributed by atoms with van der Waals surface area (Å²) in [5.41, 5.74) is 0. The molecule has 0 amide bonds. The van der Waals surface area contributed by atoms with E-state index < -0.39 is 0 Å². The second kappa shape index (κ2) is 6.19. The van der Waals surface area contributed by atoms with Crippen LogP contribution in [0.2, 0.25) is 0 Å². The maximum atomic E-state index is 9.92. The molecule has 1 aliphatic carbocycles. The van der Waals surface area contributed by atoms with Crippen LogP contribution in [0, 0.1) is 0 Å². The van der Waals surface area contributed by atoms with E-state index in [9.17, 15) is 5.11 Å². The van der Waals surface area contributed by atoms with Crippen molar-refractivity contribution in [3.05, 3.63) is 24.2 Å². The summed E-state index contributed by atoms with van der Waals surface area (Å²) in [7, 11) is 0. The van der Waals surface area contributed by atoms with Crippen LogP contribution >= 0.6 is 0 Å². The summed E-state index contributed by atoms with van der Waals surface area (Å²) in [6.45, 7) is 5.14. The summed E-state index contributed by atoms with van der Waals surface area (Å²) in [4.78, 5) is 2.32. The molecule has 1 unspecified atom stereocenters. The average Bonchev–Trinajstić information content (AvgIpc) is 3.05. The lowest BCUT2D eigenvalue weighted by Gasteiger charge is -2.24. The van der Waals surface area contributed by atoms with Gasteiger partial charge in [0.15, 0.2) is 0 Å². The first-order valence-electron chi connectivity index (χ1n) is 6.44. The molecule has 0 aliphatic heterocycles. The summed E-state index contributed by atoms with van der Waals surface area (Å²) >= 11 is 0. The Morgan fingerprint density at radius 3 is 3.00 bits per heavy atom. The van der Waals surface area contributed by atoms with Crippen molar-refractivity contribution in [1.29, 1.82) is 0 Å². The van der Waals surface area contributed by atoms with Gasteiger partial charge in [-0.05, 0) is 31.5 Å². The fourth-order valence-electron chi connectivity index (χ4n) is 2.03. The molecule has 1 saturated carbocycles. The molecule has 2 rings (SSSR count). The number of hydrogen-bond donors (Lipinski definition) is 2. The Labute approximate surface area is 103 Å². The van der Waals surface area contributed by atoms with Crippen LogP contribution in [0.5, 0.6) is 0 Å². The normalized spacial score (nSPS) is 17.6. The van der Waals surface area contributed by atoms with Crippen LogP contribution in [0.15, 0.2) is 22.8 Å². The SMILES string of the molecule is CCNCC(O)CN(Cc1ccco1)C1CC1. The minimum Gasteiger partial charge on any atom is -0.468 e. The number of rotatable bonds is 8. The molecule has 4 heteroatoms. The predicted octanol–water partition coefficient (Wildman–Crippen LogP) is 1.21. The minimum atomic E-state index is -0.300. The molecule has 0 saturated heterocycles. The highest BCUT2D eigenvalue weighted by Crippen LogP contribution is 2.28. The van der Waals surface area contributed by atoms with E-state index in [-0.39, 0.29) is 6.10 Å². The molecular weight excluding hydrogens is 216 g/mol. The highest BCUT2D eigenvalue weighted by atomic mass is 16.3. The second-order valence-electron chi connectivity index (χ2n) is 4.70. The van der Waals surface area contributed by atoms with Crippen molar-refractivity contribution in [2.24, 2.45) is 0 Å². The summed E-state index contributed by atoms with van der Waals surface area (Å²) in [5, 5.41) is 13.1. The van der Waals surface area contributed by atoms with Gasteiger partial charge in [0.1, 0.15) is 5.76 Å². The fourth-order valence-corrected chi connectivity index (χ4v) is 2.03. The van der Waals surface area contributed by atoms with Crippen molar-refractivity contribution < 1.29 is 9.52 Å². The quantitative estimate of drug-likeness (QED) is 0.715. The Kier molecular flexibility index (Phi) is 4.59. The third kappa shape index (κ3) is 4.15. The molecule has 17 heavy (non-hydrogen) atoms. The average molecular weight is 238 g/mol. The first-order chi connectivity index (χ1) is 8.29. The van der Waals surface area contributed by atoms with E-state index in [4.69, 9.17) is 4.42 Å². The number of hydrogen-bond acceptors (Lipinski definition) is 4. The van der Waals surface area contributed by atoms with Crippen molar-refractivity contribution in [3.8, 4) is 0 Å². The maximum absolute atomic E-state index is 9.92. The molecule has 4 nitrogen and oxygen atoms in total. The number of furan rings is 1. The summed E-state index contributed by atoms with van der Waals surface area (Å²) in [6, 6.07) is 4.54. The molecule has 0 spiro atoms. The molecular formula is C13H22N2O2. The molecule has 1 aliphatic rings. The number of aliphatic hydroxyl groups excluding tert-OH is 1. The molecule has 0 bridgehead atoms. The van der Waals surface area contributed by atoms with Crippen LogP contribution in [0.3, 0.4) is 0 Å². The molecule has 1 fully saturated rings. The highest BCUT2D eigenvalue weighted by Gasteiger charge is 2.30. The molecule has 1 heterocycles. The van der Waals surface area contributed by atoms with Crippen LogP contribution in [0.4, 0.5) is 0 Å². The lowest BCUT2D eigenvalue weighted by atomic mass is 10.3. The fraction of sp³-hybridized carbons (Fsp3) is 0.692. The van der Waals surface area contributed by atoms with Gasteiger partial charge in [-0.1, -0.05) is 6.92 Å². The predicted molar refractivity (Wildman–Crippen MR) is 66.7 cm³/mol. The lowest BCUT2D eigenvalue weighted by Crippen LogP contribution is -2.39. The number of nitrogens with zero attached hydrogens (tertiary/aromatic N) is 1. The number of aliphatic hydroxyl groups is 1. The summed E-state index contributed by atoms with van der Waals surface area (Å²) in [6.07, 6.45) is 3.89. The van der Waals surface area contributed by atoms with Crippen molar-refractivity contribution in [2.45, 2.75) is 38.5 Å². The van der Waals surface area contributed by atoms with Crippen LogP contribution in [-0.2, 0) is 6.54 Å². The monoisotopic (exact) mass is 238 g/mol. The van der Waals surface area contributed by atoms with Gasteiger partial charge in [0.2, 0.25) is 0 Å². The van der Waals surface area contributed by atoms with E-state index in [1.54, 1.807) is 6.26 Å². The molecule has 2 N–H and O–H groups in total. The zero-order valence-electron chi connectivity index (χ0n) is 10.4. The van der Waals surface area contributed by atoms with Crippen LogP contribution in [-0.4, -0.2) is 41.8 Å². The first kappa shape index (κ1) is 12.6. The van der Waals surface area contributed by atoms with E-state index in [1.165, 1.54) is 12.8 Å². The third-order valence-corrected chi connectivity index (χ3v) is 3.08. The Balaban J connectivity index is 1.80. The molecule has 1 aromatic rings. The lowest BCUT2D eigenvalue weighted by molar-refractivity contribution is 0.0993. The van der Waals surface area contributed by atoms with Gasteiger partial charge in [-0.15, -0.1) is 0 Å². The van der Waals surface area contributed by atoms with Gasteiger partial charge in [0, 0.05) is 19.1 Å². The zero-order valence-corrected chi connectivity index (χ0v) is 10.4. The summed E-state index contributed by atoms with van der Waals surface area (Å²) in [5.74, 6) is 0.979. The largest absolute Gasteiger partial charge is 0.468 e. The smallest absolute Gasteiger partial charge is 0.117 e. The van der Waals surface area contributed by atoms with E-state index in [0.29, 0.717) is 12.6 Å². The van der Waals surface area contributed by atoms with Gasteiger partial charge in [0.25, 0.3) is 0 Å². The van der Waals surface area contributed by atoms with E-state index in [2.05, 4.69) is 10.2 Å². The summed E-state index contributed by atoms with van der Waals surface area (Å²) < 4.78 is 5.37. The Morgan fingerprint density at radius 2 is 2.41 bits per heavy atom. The Bertz CT molecular complexity index is 309. The minimum absolute atomic E-state index is 0.300. The van der Waals surface area contributed by atoms with Crippen molar-refractivity contribution in [3.63, 3.8) is 0 Å². The van der Waals surface area contributed by atoms with Crippen LogP contribution < -0.4 is 5.32 Å². The number of nitrogens with one attached hydrogen (secondary N) is 1. The highest BCUT2D eigenvalue weighted by molar-refractivity contribution is 5.00. The van der Waals surface area contributed by atoms with E-state index in [1.807, 2.05) is 19.1 Å². The van der Waals surface area contributed by atoms with E-state index in [0.717, 1.165) is 25.4 Å². The van der Waals surface area contributed by atoms with E-state index >= 15 is 0 Å². The van der Waals surface area contributed by atoms with Crippen LogP contribution in [0.1, 0.15) is 25.5 Å². The molecule has 0 radical (unpaired) electrons. The first-order valence-corrected chi connectivity index (χ1v) is 6.44. The van der Waals surface area contributed by atoms with Gasteiger partial charge in [-0.2, -0.15) is 0 Å². The zero-order chi connectivity index (χ0) is 12.1. The molecule has 1 aromatic heterocycles. The third-order valence-electron chi connectivity index (χ3n) is 3.08. The van der Waals surface area contributed by atoms with Gasteiger partial charge in [-0.3, -0.25) is 4.90 Å². The van der Waals surface area contributed by atoms with Gasteiger partial charge >= 0.3 is 0 Å². The molecule has 0 aromatic carbocycles. The van der Waals surface area contributed by atoms with Crippen LogP contribution in [0.25, 0.3) is 0 Å². The van der Waals surface area contributed by atoms with Crippen molar-refractivity contribution >= 4 is 0 Å². The Morgan fingerprint density at radius 1 is 1.59 bits per heavy atom. The second-order valence-corrected chi connectivity index (χ2v) is 4.70. The topological polar surface area (TPSA) is 48.6 Å². The van der Waals surface area contributed by atoms with Crippen molar-refractivity contribution in [1.82, 2.24) is 10.2 Å². The maximum Gasteiger partial charge on any atom is 0.117 e. The van der Waals surface area contributed by atoms with Gasteiger partial charge < -0.3 is 14.8 Å².